The smallest absolute Gasteiger partial charge is 0.346 e. The van der Waals surface area contributed by atoms with E-state index >= 15 is 8.78 Å². The van der Waals surface area contributed by atoms with Gasteiger partial charge >= 0.3 is 5.97 Å². The number of carbonyl (C=O) groups is 1. The molecule has 1 N–H and O–H groups in total. The molecule has 0 unspecified atom stereocenters. The normalized spacial score (nSPS) is 11.5. The Morgan fingerprint density at radius 3 is 1.87 bits per heavy atom. The van der Waals surface area contributed by atoms with Gasteiger partial charge in [-0.1, -0.05) is 74.7 Å². The van der Waals surface area contributed by atoms with E-state index in [2.05, 4.69) is 41.2 Å². The highest BCUT2D eigenvalue weighted by Gasteiger charge is 2.28. The third kappa shape index (κ3) is 7.37. The molecule has 264 valence electrons. The average molecular weight is 742 g/mol. The van der Waals surface area contributed by atoms with Gasteiger partial charge in [-0.15, -0.1) is 22.7 Å². The zero-order valence-electron chi connectivity index (χ0n) is 28.7. The van der Waals surface area contributed by atoms with Crippen LogP contribution >= 0.6 is 22.7 Å². The van der Waals surface area contributed by atoms with Crippen LogP contribution in [0.3, 0.4) is 0 Å². The zero-order valence-corrected chi connectivity index (χ0v) is 30.3. The summed E-state index contributed by atoms with van der Waals surface area (Å²) in [5, 5.41) is 27.9. The van der Waals surface area contributed by atoms with E-state index < -0.39 is 23.2 Å². The first-order valence-electron chi connectivity index (χ1n) is 17.2. The number of aliphatic carboxylic acids is 1. The van der Waals surface area contributed by atoms with Gasteiger partial charge in [-0.25, -0.2) is 13.6 Å². The van der Waals surface area contributed by atoms with Crippen LogP contribution in [0.1, 0.15) is 37.5 Å². The maximum atomic E-state index is 16.4. The monoisotopic (exact) mass is 741 g/mol. The van der Waals surface area contributed by atoms with Crippen LogP contribution < -0.4 is 4.90 Å². The number of benzene rings is 4. The van der Waals surface area contributed by atoms with Crippen molar-refractivity contribution >= 4 is 62.8 Å². The number of aryl methyl sites for hydroxylation is 1. The molecule has 4 aromatic carbocycles. The number of fused-ring (bicyclic) bond motifs is 1. The Kier molecular flexibility index (Phi) is 10.5. The fourth-order valence-corrected chi connectivity index (χ4v) is 8.24. The molecule has 0 radical (unpaired) electrons. The molecule has 0 aliphatic carbocycles. The Bertz CT molecular complexity index is 2430. The van der Waals surface area contributed by atoms with E-state index in [1.54, 1.807) is 24.3 Å². The van der Waals surface area contributed by atoms with Crippen molar-refractivity contribution in [2.75, 3.05) is 4.90 Å². The van der Waals surface area contributed by atoms with Crippen molar-refractivity contribution in [3.8, 4) is 37.4 Å². The van der Waals surface area contributed by atoms with Crippen molar-refractivity contribution in [2.24, 2.45) is 0 Å². The van der Waals surface area contributed by atoms with Crippen LogP contribution in [-0.2, 0) is 11.3 Å². The maximum Gasteiger partial charge on any atom is 0.346 e. The van der Waals surface area contributed by atoms with Crippen molar-refractivity contribution in [3.05, 3.63) is 131 Å². The van der Waals surface area contributed by atoms with Crippen LogP contribution in [0.25, 0.3) is 48.4 Å². The topological polar surface area (TPSA) is 95.0 Å². The van der Waals surface area contributed by atoms with Gasteiger partial charge in [0.05, 0.1) is 17.7 Å². The average Bonchev–Trinajstić information content (AvgIpc) is 3.95. The first-order valence-corrected chi connectivity index (χ1v) is 18.8. The third-order valence-corrected chi connectivity index (χ3v) is 11.0. The van der Waals surface area contributed by atoms with E-state index in [1.165, 1.54) is 22.2 Å². The van der Waals surface area contributed by atoms with Gasteiger partial charge in [0.1, 0.15) is 22.7 Å². The van der Waals surface area contributed by atoms with Crippen molar-refractivity contribution in [2.45, 2.75) is 39.2 Å². The molecule has 0 aliphatic heterocycles. The van der Waals surface area contributed by atoms with Crippen molar-refractivity contribution in [1.82, 2.24) is 15.0 Å². The second kappa shape index (κ2) is 15.7. The van der Waals surface area contributed by atoms with Gasteiger partial charge < -0.3 is 10.0 Å². The lowest BCUT2D eigenvalue weighted by Crippen LogP contribution is -2.09. The molecule has 11 heteroatoms. The van der Waals surface area contributed by atoms with Crippen molar-refractivity contribution < 1.29 is 18.7 Å². The first-order chi connectivity index (χ1) is 25.9. The third-order valence-electron chi connectivity index (χ3n) is 8.77. The molecule has 0 saturated heterocycles. The molecule has 0 saturated carbocycles. The molecule has 0 aliphatic rings. The number of hydrogen-bond donors (Lipinski definition) is 1. The summed E-state index contributed by atoms with van der Waals surface area (Å²) < 4.78 is 32.7. The number of rotatable bonds is 13. The van der Waals surface area contributed by atoms with Crippen LogP contribution in [0, 0.1) is 23.0 Å². The van der Waals surface area contributed by atoms with Crippen LogP contribution in [0.2, 0.25) is 0 Å². The van der Waals surface area contributed by atoms with E-state index in [-0.39, 0.29) is 22.2 Å². The van der Waals surface area contributed by atoms with E-state index in [0.717, 1.165) is 64.5 Å². The molecule has 7 rings (SSSR count). The van der Waals surface area contributed by atoms with Crippen LogP contribution in [0.5, 0.6) is 0 Å². The fraction of sp³-hybridized carbons (Fsp3) is 0.143. The first kappa shape index (κ1) is 35.4. The summed E-state index contributed by atoms with van der Waals surface area (Å²) in [6, 6.07) is 36.9. The van der Waals surface area contributed by atoms with Gasteiger partial charge in [-0.05, 0) is 78.7 Å². The lowest BCUT2D eigenvalue weighted by atomic mass is 10.0. The van der Waals surface area contributed by atoms with Gasteiger partial charge in [-0.3, -0.25) is 0 Å². The zero-order chi connectivity index (χ0) is 36.9. The molecule has 0 atom stereocenters. The number of carboxylic acid groups (broad SMARTS) is 1. The second-order valence-electron chi connectivity index (χ2n) is 12.3. The molecule has 53 heavy (non-hydrogen) atoms. The number of nitriles is 1. The predicted molar refractivity (Wildman–Crippen MR) is 210 cm³/mol. The number of anilines is 3. The lowest BCUT2D eigenvalue weighted by Gasteiger charge is -2.25. The van der Waals surface area contributed by atoms with Crippen LogP contribution in [-0.4, -0.2) is 26.1 Å². The molecule has 0 spiro atoms. The summed E-state index contributed by atoms with van der Waals surface area (Å²) in [5.41, 5.74) is 3.94. The number of unbranched alkanes of at least 4 members (excludes halogenated alkanes) is 3. The summed E-state index contributed by atoms with van der Waals surface area (Å²) in [6.07, 6.45) is 5.12. The molecular weight excluding hydrogens is 709 g/mol. The van der Waals surface area contributed by atoms with Crippen molar-refractivity contribution in [3.63, 3.8) is 0 Å². The molecule has 3 aromatic heterocycles. The van der Waals surface area contributed by atoms with E-state index in [4.69, 9.17) is 5.10 Å². The van der Waals surface area contributed by atoms with Crippen molar-refractivity contribution in [1.29, 1.82) is 5.26 Å². The maximum absolute atomic E-state index is 16.4. The number of hydrogen-bond acceptors (Lipinski definition) is 7. The number of aromatic nitrogens is 3. The minimum absolute atomic E-state index is 0.0441. The highest BCUT2D eigenvalue weighted by molar-refractivity contribution is 7.19. The predicted octanol–water partition coefficient (Wildman–Crippen LogP) is 11.9. The Morgan fingerprint density at radius 2 is 1.30 bits per heavy atom. The van der Waals surface area contributed by atoms with Gasteiger partial charge in [-0.2, -0.15) is 20.3 Å². The number of nitrogens with zero attached hydrogens (tertiary/aromatic N) is 5. The molecule has 0 amide bonds. The van der Waals surface area contributed by atoms with Gasteiger partial charge in [0.25, 0.3) is 0 Å². The second-order valence-corrected chi connectivity index (χ2v) is 14.5. The Hall–Kier alpha value is -5.96. The standard InChI is InChI=1S/C42H33F2N5O2S2/c1-2-3-4-11-24-48-46-40-36(34-21-20-32(52-34)25-28(26-45)42(50)51)38(43)39(44)37(41(40)47-48)35-23-22-33(53-35)27-16-18-31(19-17-27)49(29-12-7-5-8-13-29)30-14-9-6-10-15-30/h5-10,12-23,25H,2-4,11,24H2,1H3,(H,50,51)/b28-25+. The largest absolute Gasteiger partial charge is 0.477 e. The fourth-order valence-electron chi connectivity index (χ4n) is 6.19. The summed E-state index contributed by atoms with van der Waals surface area (Å²) in [6.45, 7) is 2.61. The van der Waals surface area contributed by atoms with E-state index in [0.29, 0.717) is 21.2 Å². The number of thiophene rings is 2. The lowest BCUT2D eigenvalue weighted by molar-refractivity contribution is -0.132. The molecule has 7 nitrogen and oxygen atoms in total. The highest BCUT2D eigenvalue weighted by Crippen LogP contribution is 2.45. The number of carboxylic acids is 1. The van der Waals surface area contributed by atoms with Gasteiger partial charge in [0.15, 0.2) is 11.6 Å². The van der Waals surface area contributed by atoms with Gasteiger partial charge in [0.2, 0.25) is 0 Å². The molecular formula is C42H33F2N5O2S2. The van der Waals surface area contributed by atoms with Gasteiger partial charge in [0, 0.05) is 36.6 Å². The highest BCUT2D eigenvalue weighted by atomic mass is 32.1. The quantitative estimate of drug-likeness (QED) is 0.0718. The van der Waals surface area contributed by atoms with E-state index in [9.17, 15) is 15.2 Å². The molecule has 3 heterocycles. The summed E-state index contributed by atoms with van der Waals surface area (Å²) in [7, 11) is 0. The minimum atomic E-state index is -1.37. The summed E-state index contributed by atoms with van der Waals surface area (Å²) in [5.74, 6) is -3.47. The number of halogens is 2. The molecule has 0 bridgehead atoms. The van der Waals surface area contributed by atoms with Crippen LogP contribution in [0.15, 0.2) is 115 Å². The summed E-state index contributed by atoms with van der Waals surface area (Å²) >= 11 is 2.39. The summed E-state index contributed by atoms with van der Waals surface area (Å²) in [4.78, 5) is 17.2. The van der Waals surface area contributed by atoms with Crippen LogP contribution in [0.4, 0.5) is 25.8 Å². The Labute approximate surface area is 313 Å². The molecule has 0 fully saturated rings. The SMILES string of the molecule is CCCCCCn1nc2c(-c3ccc(/C=C(\C#N)C(=O)O)s3)c(F)c(F)c(-c3ccc(-c4ccc(N(c5ccccc5)c5ccccc5)cc4)s3)c2n1. The Morgan fingerprint density at radius 1 is 0.755 bits per heavy atom. The molecule has 7 aromatic rings. The minimum Gasteiger partial charge on any atom is -0.477 e. The van der Waals surface area contributed by atoms with E-state index in [1.807, 2.05) is 66.7 Å². The number of para-hydroxylation sites is 2. The Balaban J connectivity index is 1.27.